The Labute approximate surface area is 161 Å². The third kappa shape index (κ3) is 3.19. The molecule has 26 heavy (non-hydrogen) atoms. The highest BCUT2D eigenvalue weighted by Crippen LogP contribution is 2.41. The van der Waals surface area contributed by atoms with E-state index in [1.165, 1.54) is 15.1 Å². The van der Waals surface area contributed by atoms with Crippen molar-refractivity contribution in [3.63, 3.8) is 0 Å². The van der Waals surface area contributed by atoms with Gasteiger partial charge in [-0.2, -0.15) is 0 Å². The monoisotopic (exact) mass is 387 g/mol. The molecule has 1 aliphatic carbocycles. The van der Waals surface area contributed by atoms with Crippen LogP contribution < -0.4 is 5.56 Å². The molecule has 0 aliphatic heterocycles. The van der Waals surface area contributed by atoms with Crippen LogP contribution in [0.3, 0.4) is 0 Å². The molecule has 2 heterocycles. The van der Waals surface area contributed by atoms with E-state index in [1.54, 1.807) is 11.3 Å². The van der Waals surface area contributed by atoms with Crippen molar-refractivity contribution in [2.75, 3.05) is 0 Å². The third-order valence-corrected chi connectivity index (χ3v) is 6.80. The van der Waals surface area contributed by atoms with Gasteiger partial charge in [0.15, 0.2) is 4.83 Å². The second kappa shape index (κ2) is 6.46. The SMILES string of the molecule is CC(C)(C)C1CCc2c(sc3nnn(Cc4ccc(Cl)cc4)c(=O)c23)C1. The fourth-order valence-corrected chi connectivity index (χ4v) is 5.09. The molecule has 0 fully saturated rings. The van der Waals surface area contributed by atoms with Crippen molar-refractivity contribution in [2.24, 2.45) is 11.3 Å². The zero-order chi connectivity index (χ0) is 18.5. The zero-order valence-electron chi connectivity index (χ0n) is 15.3. The van der Waals surface area contributed by atoms with Crippen molar-refractivity contribution in [3.05, 3.63) is 55.6 Å². The normalized spacial score (nSPS) is 17.5. The second-order valence-corrected chi connectivity index (χ2v) is 9.69. The van der Waals surface area contributed by atoms with Gasteiger partial charge in [0.25, 0.3) is 5.56 Å². The maximum atomic E-state index is 13.1. The van der Waals surface area contributed by atoms with Gasteiger partial charge in [-0.25, -0.2) is 4.68 Å². The summed E-state index contributed by atoms with van der Waals surface area (Å²) in [4.78, 5) is 15.2. The smallest absolute Gasteiger partial charge is 0.267 e. The number of hydrogen-bond donors (Lipinski definition) is 0. The quantitative estimate of drug-likeness (QED) is 0.640. The average Bonchev–Trinajstić information content (AvgIpc) is 2.97. The Morgan fingerprint density at radius 1 is 1.27 bits per heavy atom. The molecule has 136 valence electrons. The lowest BCUT2D eigenvalue weighted by molar-refractivity contribution is 0.218. The summed E-state index contributed by atoms with van der Waals surface area (Å²) in [5.74, 6) is 0.646. The Hall–Kier alpha value is -1.72. The van der Waals surface area contributed by atoms with Gasteiger partial charge < -0.3 is 0 Å². The van der Waals surface area contributed by atoms with E-state index in [9.17, 15) is 4.79 Å². The van der Waals surface area contributed by atoms with E-state index in [0.29, 0.717) is 17.5 Å². The minimum absolute atomic E-state index is 0.0309. The Kier molecular flexibility index (Phi) is 4.40. The van der Waals surface area contributed by atoms with Gasteiger partial charge in [0.05, 0.1) is 11.9 Å². The number of benzene rings is 1. The van der Waals surface area contributed by atoms with Crippen molar-refractivity contribution in [2.45, 2.75) is 46.6 Å². The molecule has 0 amide bonds. The minimum Gasteiger partial charge on any atom is -0.267 e. The fourth-order valence-electron chi connectivity index (χ4n) is 3.73. The molecular formula is C20H22ClN3OS. The maximum Gasteiger partial charge on any atom is 0.279 e. The second-order valence-electron chi connectivity index (χ2n) is 8.17. The topological polar surface area (TPSA) is 47.8 Å². The summed E-state index contributed by atoms with van der Waals surface area (Å²) in [6, 6.07) is 7.48. The molecule has 1 aromatic carbocycles. The Morgan fingerprint density at radius 3 is 2.69 bits per heavy atom. The highest BCUT2D eigenvalue weighted by atomic mass is 35.5. The molecule has 0 saturated heterocycles. The summed E-state index contributed by atoms with van der Waals surface area (Å²) >= 11 is 7.58. The summed E-state index contributed by atoms with van der Waals surface area (Å²) in [6.45, 7) is 7.31. The van der Waals surface area contributed by atoms with Crippen LogP contribution in [0.4, 0.5) is 0 Å². The van der Waals surface area contributed by atoms with Gasteiger partial charge in [0, 0.05) is 9.90 Å². The first-order chi connectivity index (χ1) is 12.3. The van der Waals surface area contributed by atoms with E-state index in [4.69, 9.17) is 11.6 Å². The van der Waals surface area contributed by atoms with E-state index < -0.39 is 0 Å². The summed E-state index contributed by atoms with van der Waals surface area (Å²) in [7, 11) is 0. The number of aromatic nitrogens is 3. The molecule has 4 nitrogen and oxygen atoms in total. The number of rotatable bonds is 2. The van der Waals surface area contributed by atoms with Gasteiger partial charge >= 0.3 is 0 Å². The van der Waals surface area contributed by atoms with Crippen LogP contribution in [0.25, 0.3) is 10.2 Å². The van der Waals surface area contributed by atoms with Gasteiger partial charge in [-0.3, -0.25) is 4.79 Å². The van der Waals surface area contributed by atoms with Gasteiger partial charge in [0.2, 0.25) is 0 Å². The summed E-state index contributed by atoms with van der Waals surface area (Å²) in [5, 5.41) is 9.98. The van der Waals surface area contributed by atoms with E-state index in [-0.39, 0.29) is 11.0 Å². The van der Waals surface area contributed by atoms with Gasteiger partial charge in [-0.1, -0.05) is 49.7 Å². The van der Waals surface area contributed by atoms with E-state index >= 15 is 0 Å². The molecule has 0 spiro atoms. The number of thiophene rings is 1. The Balaban J connectivity index is 1.72. The first-order valence-electron chi connectivity index (χ1n) is 8.95. The van der Waals surface area contributed by atoms with Gasteiger partial charge in [0.1, 0.15) is 0 Å². The molecule has 0 radical (unpaired) electrons. The van der Waals surface area contributed by atoms with Crippen molar-refractivity contribution in [1.29, 1.82) is 0 Å². The lowest BCUT2D eigenvalue weighted by atomic mass is 9.72. The van der Waals surface area contributed by atoms with Crippen LogP contribution in [-0.4, -0.2) is 15.0 Å². The van der Waals surface area contributed by atoms with Crippen LogP contribution in [0.15, 0.2) is 29.1 Å². The number of nitrogens with zero attached hydrogens (tertiary/aromatic N) is 3. The van der Waals surface area contributed by atoms with Crippen molar-refractivity contribution in [1.82, 2.24) is 15.0 Å². The van der Waals surface area contributed by atoms with Crippen molar-refractivity contribution in [3.8, 4) is 0 Å². The molecule has 3 aromatic rings. The Bertz CT molecular complexity index is 1010. The lowest BCUT2D eigenvalue weighted by Crippen LogP contribution is -2.28. The number of hydrogen-bond acceptors (Lipinski definition) is 4. The predicted octanol–water partition coefficient (Wildman–Crippen LogP) is 4.71. The number of aryl methyl sites for hydroxylation is 1. The first-order valence-corrected chi connectivity index (χ1v) is 10.1. The van der Waals surface area contributed by atoms with Gasteiger partial charge in [-0.05, 0) is 53.9 Å². The van der Waals surface area contributed by atoms with Crippen LogP contribution in [0.2, 0.25) is 5.02 Å². The zero-order valence-corrected chi connectivity index (χ0v) is 16.8. The van der Waals surface area contributed by atoms with Crippen LogP contribution in [-0.2, 0) is 19.4 Å². The van der Waals surface area contributed by atoms with Crippen LogP contribution in [0.1, 0.15) is 43.2 Å². The van der Waals surface area contributed by atoms with E-state index in [1.807, 2.05) is 24.3 Å². The molecule has 4 rings (SSSR count). The summed E-state index contributed by atoms with van der Waals surface area (Å²) < 4.78 is 1.47. The molecule has 0 N–H and O–H groups in total. The average molecular weight is 388 g/mol. The highest BCUT2D eigenvalue weighted by molar-refractivity contribution is 7.18. The van der Waals surface area contributed by atoms with Crippen LogP contribution >= 0.6 is 22.9 Å². The predicted molar refractivity (Wildman–Crippen MR) is 107 cm³/mol. The molecule has 2 aromatic heterocycles. The number of fused-ring (bicyclic) bond motifs is 3. The minimum atomic E-state index is -0.0309. The molecule has 1 aliphatic rings. The third-order valence-electron chi connectivity index (χ3n) is 5.41. The van der Waals surface area contributed by atoms with Crippen LogP contribution in [0, 0.1) is 11.3 Å². The Morgan fingerprint density at radius 2 is 2.00 bits per heavy atom. The lowest BCUT2D eigenvalue weighted by Gasteiger charge is -2.33. The van der Waals surface area contributed by atoms with Crippen molar-refractivity contribution < 1.29 is 0 Å². The standard InChI is InChI=1S/C20H22ClN3OS/c1-20(2,3)13-6-9-15-16(10-13)26-18-17(15)19(25)24(23-22-18)11-12-4-7-14(21)8-5-12/h4-5,7-8,13H,6,9-11H2,1-3H3. The van der Waals surface area contributed by atoms with E-state index in [2.05, 4.69) is 31.1 Å². The molecule has 1 atom stereocenters. The molecule has 1 unspecified atom stereocenters. The van der Waals surface area contributed by atoms with E-state index in [0.717, 1.165) is 35.0 Å². The van der Waals surface area contributed by atoms with Crippen LogP contribution in [0.5, 0.6) is 0 Å². The summed E-state index contributed by atoms with van der Waals surface area (Å²) in [6.07, 6.45) is 3.12. The summed E-state index contributed by atoms with van der Waals surface area (Å²) in [5.41, 5.74) is 2.45. The highest BCUT2D eigenvalue weighted by Gasteiger charge is 2.31. The molecular weight excluding hydrogens is 366 g/mol. The largest absolute Gasteiger partial charge is 0.279 e. The van der Waals surface area contributed by atoms with Gasteiger partial charge in [-0.15, -0.1) is 16.4 Å². The maximum absolute atomic E-state index is 13.1. The number of halogens is 1. The fraction of sp³-hybridized carbons (Fsp3) is 0.450. The molecule has 0 bridgehead atoms. The molecule has 0 saturated carbocycles. The first kappa shape index (κ1) is 17.7. The molecule has 6 heteroatoms. The van der Waals surface area contributed by atoms with Crippen molar-refractivity contribution >= 4 is 33.2 Å².